The Morgan fingerprint density at radius 1 is 1.06 bits per heavy atom. The highest BCUT2D eigenvalue weighted by Gasteiger charge is 2.47. The summed E-state index contributed by atoms with van der Waals surface area (Å²) in [6.07, 6.45) is 6.00. The van der Waals surface area contributed by atoms with Gasteiger partial charge in [-0.05, 0) is 53.4 Å². The lowest BCUT2D eigenvalue weighted by atomic mass is 9.92. The van der Waals surface area contributed by atoms with E-state index in [1.165, 1.54) is 0 Å². The van der Waals surface area contributed by atoms with E-state index in [0.29, 0.717) is 12.1 Å². The van der Waals surface area contributed by atoms with E-state index in [4.69, 9.17) is 15.2 Å². The molecule has 1 unspecified atom stereocenters. The van der Waals surface area contributed by atoms with Crippen LogP contribution >= 0.6 is 0 Å². The maximum Gasteiger partial charge on any atom is 0.0895 e. The Balaban J connectivity index is 1.90. The number of rotatable bonds is 2. The number of hydrogen-bond acceptors (Lipinski definition) is 3. The van der Waals surface area contributed by atoms with Gasteiger partial charge in [-0.25, -0.2) is 0 Å². The number of hydrogen-bond donors (Lipinski definition) is 1. The molecule has 1 heterocycles. The van der Waals surface area contributed by atoms with Crippen molar-refractivity contribution in [3.8, 4) is 0 Å². The first-order chi connectivity index (χ1) is 7.78. The van der Waals surface area contributed by atoms with Gasteiger partial charge in [-0.3, -0.25) is 0 Å². The van der Waals surface area contributed by atoms with Crippen molar-refractivity contribution in [2.45, 2.75) is 89.3 Å². The first-order valence-electron chi connectivity index (χ1n) is 6.90. The molecule has 2 fully saturated rings. The monoisotopic (exact) mass is 241 g/mol. The summed E-state index contributed by atoms with van der Waals surface area (Å²) in [4.78, 5) is 0. The maximum absolute atomic E-state index is 6.27. The van der Waals surface area contributed by atoms with Crippen LogP contribution in [0.5, 0.6) is 0 Å². The minimum absolute atomic E-state index is 0.0563. The van der Waals surface area contributed by atoms with Crippen molar-refractivity contribution < 1.29 is 9.47 Å². The molecule has 1 aliphatic heterocycles. The second kappa shape index (κ2) is 4.52. The van der Waals surface area contributed by atoms with Crippen LogP contribution in [0.15, 0.2) is 0 Å². The van der Waals surface area contributed by atoms with Crippen molar-refractivity contribution in [1.29, 1.82) is 0 Å². The average molecular weight is 241 g/mol. The van der Waals surface area contributed by atoms with Crippen molar-refractivity contribution >= 4 is 0 Å². The van der Waals surface area contributed by atoms with Crippen molar-refractivity contribution in [2.24, 2.45) is 5.73 Å². The number of ether oxygens (including phenoxy) is 2. The molecule has 1 saturated heterocycles. The van der Waals surface area contributed by atoms with Gasteiger partial charge in [-0.2, -0.15) is 0 Å². The van der Waals surface area contributed by atoms with Gasteiger partial charge in [-0.1, -0.05) is 0 Å². The quantitative estimate of drug-likeness (QED) is 0.808. The van der Waals surface area contributed by atoms with Crippen molar-refractivity contribution in [3.63, 3.8) is 0 Å². The molecular formula is C14H27NO2. The number of nitrogens with two attached hydrogens (primary N) is 1. The fourth-order valence-electron chi connectivity index (χ4n) is 3.18. The molecule has 100 valence electrons. The van der Waals surface area contributed by atoms with Crippen LogP contribution in [0.25, 0.3) is 0 Å². The highest BCUT2D eigenvalue weighted by molar-refractivity contribution is 4.96. The minimum Gasteiger partial charge on any atom is -0.372 e. The summed E-state index contributed by atoms with van der Waals surface area (Å²) in [5.74, 6) is 0. The lowest BCUT2D eigenvalue weighted by molar-refractivity contribution is -0.123. The summed E-state index contributed by atoms with van der Waals surface area (Å²) < 4.78 is 12.3. The van der Waals surface area contributed by atoms with E-state index in [0.717, 1.165) is 32.1 Å². The van der Waals surface area contributed by atoms with Crippen LogP contribution in [-0.4, -0.2) is 29.5 Å². The van der Waals surface area contributed by atoms with Crippen molar-refractivity contribution in [3.05, 3.63) is 0 Å². The van der Waals surface area contributed by atoms with E-state index in [-0.39, 0.29) is 17.3 Å². The largest absolute Gasteiger partial charge is 0.372 e. The van der Waals surface area contributed by atoms with Crippen molar-refractivity contribution in [2.75, 3.05) is 0 Å². The van der Waals surface area contributed by atoms with Gasteiger partial charge >= 0.3 is 0 Å². The molecule has 2 rings (SSSR count). The molecule has 0 spiro atoms. The van der Waals surface area contributed by atoms with Gasteiger partial charge in [0, 0.05) is 12.5 Å². The van der Waals surface area contributed by atoms with E-state index in [1.54, 1.807) is 0 Å². The van der Waals surface area contributed by atoms with E-state index in [9.17, 15) is 0 Å². The molecule has 0 bridgehead atoms. The molecule has 2 aliphatic rings. The van der Waals surface area contributed by atoms with Gasteiger partial charge < -0.3 is 15.2 Å². The molecule has 0 aromatic heterocycles. The Kier molecular flexibility index (Phi) is 3.54. The third-order valence-electron chi connectivity index (χ3n) is 4.07. The third-order valence-corrected chi connectivity index (χ3v) is 4.07. The van der Waals surface area contributed by atoms with Crippen LogP contribution in [0, 0.1) is 0 Å². The molecule has 2 N–H and O–H groups in total. The maximum atomic E-state index is 6.27. The zero-order valence-corrected chi connectivity index (χ0v) is 11.7. The predicted octanol–water partition coefficient (Wildman–Crippen LogP) is 2.62. The second-order valence-electron chi connectivity index (χ2n) is 6.83. The molecule has 1 aliphatic carbocycles. The van der Waals surface area contributed by atoms with Crippen LogP contribution in [0.1, 0.15) is 59.8 Å². The summed E-state index contributed by atoms with van der Waals surface area (Å²) in [7, 11) is 0. The Morgan fingerprint density at radius 2 is 1.65 bits per heavy atom. The molecule has 1 atom stereocenters. The van der Waals surface area contributed by atoms with Gasteiger partial charge in [-0.15, -0.1) is 0 Å². The summed E-state index contributed by atoms with van der Waals surface area (Å²) in [6.45, 7) is 8.58. The van der Waals surface area contributed by atoms with E-state index >= 15 is 0 Å². The Hall–Kier alpha value is -0.120. The zero-order chi connectivity index (χ0) is 12.7. The van der Waals surface area contributed by atoms with Crippen LogP contribution in [-0.2, 0) is 9.47 Å². The van der Waals surface area contributed by atoms with Gasteiger partial charge in [0.05, 0.1) is 23.4 Å². The summed E-state index contributed by atoms with van der Waals surface area (Å²) >= 11 is 0. The lowest BCUT2D eigenvalue weighted by Crippen LogP contribution is -2.39. The predicted molar refractivity (Wildman–Crippen MR) is 69.0 cm³/mol. The van der Waals surface area contributed by atoms with Gasteiger partial charge in [0.15, 0.2) is 0 Å². The van der Waals surface area contributed by atoms with Gasteiger partial charge in [0.2, 0.25) is 0 Å². The summed E-state index contributed by atoms with van der Waals surface area (Å²) in [5, 5.41) is 0. The van der Waals surface area contributed by atoms with E-state index in [1.807, 2.05) is 0 Å². The molecule has 17 heavy (non-hydrogen) atoms. The van der Waals surface area contributed by atoms with E-state index < -0.39 is 0 Å². The molecule has 1 saturated carbocycles. The van der Waals surface area contributed by atoms with Gasteiger partial charge in [0.1, 0.15) is 0 Å². The van der Waals surface area contributed by atoms with Crippen LogP contribution in [0.3, 0.4) is 0 Å². The van der Waals surface area contributed by atoms with Crippen molar-refractivity contribution in [1.82, 2.24) is 0 Å². The molecule has 0 aromatic rings. The standard InChI is InChI=1S/C14H27NO2/c1-13(2)9-12(14(3,4)17-13)16-11-7-5-10(15)6-8-11/h10-12H,5-9,15H2,1-4H3. The van der Waals surface area contributed by atoms with Crippen LogP contribution in [0.4, 0.5) is 0 Å². The topological polar surface area (TPSA) is 44.5 Å². The molecule has 3 nitrogen and oxygen atoms in total. The molecular weight excluding hydrogens is 214 g/mol. The normalized spacial score (nSPS) is 40.4. The minimum atomic E-state index is -0.164. The first-order valence-corrected chi connectivity index (χ1v) is 6.90. The first kappa shape index (κ1) is 13.3. The summed E-state index contributed by atoms with van der Waals surface area (Å²) in [6, 6.07) is 0.388. The third kappa shape index (κ3) is 3.21. The second-order valence-corrected chi connectivity index (χ2v) is 6.83. The molecule has 0 amide bonds. The SMILES string of the molecule is CC1(C)CC(OC2CCC(N)CC2)C(C)(C)O1. The Morgan fingerprint density at radius 3 is 2.12 bits per heavy atom. The Bertz CT molecular complexity index is 267. The van der Waals surface area contributed by atoms with Crippen LogP contribution < -0.4 is 5.73 Å². The van der Waals surface area contributed by atoms with E-state index in [2.05, 4.69) is 27.7 Å². The molecule has 3 heteroatoms. The lowest BCUT2D eigenvalue weighted by Gasteiger charge is -2.33. The average Bonchev–Trinajstić information content (AvgIpc) is 2.38. The molecule has 0 radical (unpaired) electrons. The smallest absolute Gasteiger partial charge is 0.0895 e. The van der Waals surface area contributed by atoms with Gasteiger partial charge in [0.25, 0.3) is 0 Å². The Labute approximate surface area is 105 Å². The fraction of sp³-hybridized carbons (Fsp3) is 1.00. The highest BCUT2D eigenvalue weighted by atomic mass is 16.6. The van der Waals surface area contributed by atoms with Crippen LogP contribution in [0.2, 0.25) is 0 Å². The molecule has 0 aromatic carbocycles. The zero-order valence-electron chi connectivity index (χ0n) is 11.7. The summed E-state index contributed by atoms with van der Waals surface area (Å²) in [5.41, 5.74) is 5.70. The highest BCUT2D eigenvalue weighted by Crippen LogP contribution is 2.40. The fourth-order valence-corrected chi connectivity index (χ4v) is 3.18.